The van der Waals surface area contributed by atoms with Crippen LogP contribution >= 0.6 is 11.3 Å². The van der Waals surface area contributed by atoms with E-state index in [0.717, 1.165) is 9.70 Å². The van der Waals surface area contributed by atoms with Crippen molar-refractivity contribution in [1.29, 1.82) is 0 Å². The summed E-state index contributed by atoms with van der Waals surface area (Å²) in [6.07, 6.45) is -1.24. The first kappa shape index (κ1) is 20.4. The van der Waals surface area contributed by atoms with Crippen molar-refractivity contribution in [3.8, 4) is 0 Å². The number of nitrogens with zero attached hydrogens (tertiary/aromatic N) is 6. The molecule has 12 heteroatoms. The monoisotopic (exact) mass is 417 g/mol. The van der Waals surface area contributed by atoms with Crippen molar-refractivity contribution in [3.05, 3.63) is 29.8 Å². The van der Waals surface area contributed by atoms with Gasteiger partial charge in [-0.25, -0.2) is 9.97 Å². The molecular formula is C16H22F3N7OS. The van der Waals surface area contributed by atoms with Crippen molar-refractivity contribution in [2.24, 2.45) is 17.8 Å². The van der Waals surface area contributed by atoms with Gasteiger partial charge in [0.05, 0.1) is 0 Å². The number of thiazole rings is 1. The predicted octanol–water partition coefficient (Wildman–Crippen LogP) is 1.15. The molecule has 2 aromatic heterocycles. The highest BCUT2D eigenvalue weighted by Gasteiger charge is 2.57. The molecule has 0 spiro atoms. The Kier molecular flexibility index (Phi) is 5.79. The molecule has 1 aliphatic rings. The number of imidazole rings is 1. The Morgan fingerprint density at radius 1 is 1.25 bits per heavy atom. The maximum atomic E-state index is 13.5. The molecule has 0 saturated carbocycles. The van der Waals surface area contributed by atoms with Gasteiger partial charge in [0.1, 0.15) is 5.82 Å². The number of aliphatic hydroxyl groups is 1. The van der Waals surface area contributed by atoms with Gasteiger partial charge in [-0.15, -0.1) is 11.3 Å². The highest BCUT2D eigenvalue weighted by Crippen LogP contribution is 2.40. The summed E-state index contributed by atoms with van der Waals surface area (Å²) in [4.78, 5) is 15.9. The van der Waals surface area contributed by atoms with Crippen LogP contribution in [-0.2, 0) is 12.6 Å². The van der Waals surface area contributed by atoms with Crippen LogP contribution in [0.15, 0.2) is 29.0 Å². The number of nitrogens with two attached hydrogens (primary N) is 1. The van der Waals surface area contributed by atoms with Crippen molar-refractivity contribution in [3.63, 3.8) is 0 Å². The Bertz CT molecular complexity index is 800. The minimum atomic E-state index is -4.88. The molecule has 1 atom stereocenters. The molecular weight excluding hydrogens is 395 g/mol. The first-order valence-corrected chi connectivity index (χ1v) is 9.56. The second-order valence-electron chi connectivity index (χ2n) is 6.50. The van der Waals surface area contributed by atoms with Crippen LogP contribution in [0.3, 0.4) is 0 Å². The number of halogens is 3. The largest absolute Gasteiger partial charge is 0.424 e. The van der Waals surface area contributed by atoms with Crippen LogP contribution in [0.25, 0.3) is 0 Å². The molecule has 3 heterocycles. The normalized spacial score (nSPS) is 18.4. The van der Waals surface area contributed by atoms with E-state index < -0.39 is 24.0 Å². The smallest absolute Gasteiger partial charge is 0.374 e. The number of alkyl halides is 3. The zero-order chi connectivity index (χ0) is 20.4. The van der Waals surface area contributed by atoms with Gasteiger partial charge in [-0.05, 0) is 0 Å². The number of hydrogen-bond acceptors (Lipinski definition) is 6. The molecule has 0 aromatic carbocycles. The third kappa shape index (κ3) is 4.07. The number of aromatic nitrogens is 3. The van der Waals surface area contributed by atoms with E-state index in [9.17, 15) is 18.3 Å². The lowest BCUT2D eigenvalue weighted by Crippen LogP contribution is -2.51. The standard InChI is InChI=1S/C16H22F3N7OS/c1-24-6-4-21-12(24)15(27,16(17,18)19)2-3-22-13(20)25-7-9-26(10-8-25)14-23-5-11-28-14/h4-6,11,27H,2-3,7-10H2,1H3,(H2,20,22). The Balaban J connectivity index is 1.60. The summed E-state index contributed by atoms with van der Waals surface area (Å²) in [5, 5.41) is 13.1. The van der Waals surface area contributed by atoms with Gasteiger partial charge >= 0.3 is 6.18 Å². The van der Waals surface area contributed by atoms with Gasteiger partial charge in [-0.1, -0.05) is 0 Å². The molecule has 0 amide bonds. The maximum absolute atomic E-state index is 13.5. The van der Waals surface area contributed by atoms with Crippen LogP contribution in [0.5, 0.6) is 0 Å². The summed E-state index contributed by atoms with van der Waals surface area (Å²) >= 11 is 1.55. The summed E-state index contributed by atoms with van der Waals surface area (Å²) in [6.45, 7) is 2.31. The van der Waals surface area contributed by atoms with Gasteiger partial charge in [0.15, 0.2) is 11.1 Å². The van der Waals surface area contributed by atoms with Crippen molar-refractivity contribution in [1.82, 2.24) is 19.4 Å². The van der Waals surface area contributed by atoms with Gasteiger partial charge in [-0.3, -0.25) is 4.99 Å². The van der Waals surface area contributed by atoms with E-state index in [0.29, 0.717) is 26.2 Å². The van der Waals surface area contributed by atoms with Crippen molar-refractivity contribution in [2.45, 2.75) is 18.2 Å². The Hall–Kier alpha value is -2.34. The van der Waals surface area contributed by atoms with Crippen molar-refractivity contribution < 1.29 is 18.3 Å². The van der Waals surface area contributed by atoms with Crippen LogP contribution in [0.4, 0.5) is 18.3 Å². The average Bonchev–Trinajstić information content (AvgIpc) is 3.32. The average molecular weight is 417 g/mol. The zero-order valence-corrected chi connectivity index (χ0v) is 16.1. The highest BCUT2D eigenvalue weighted by molar-refractivity contribution is 7.13. The number of hydrogen-bond donors (Lipinski definition) is 2. The van der Waals surface area contributed by atoms with Gasteiger partial charge < -0.3 is 25.2 Å². The molecule has 1 aliphatic heterocycles. The van der Waals surface area contributed by atoms with Gasteiger partial charge in [0.2, 0.25) is 5.60 Å². The molecule has 1 saturated heterocycles. The molecule has 2 aromatic rings. The lowest BCUT2D eigenvalue weighted by molar-refractivity contribution is -0.272. The van der Waals surface area contributed by atoms with E-state index in [-0.39, 0.29) is 12.5 Å². The van der Waals surface area contributed by atoms with Gasteiger partial charge in [0.25, 0.3) is 0 Å². The van der Waals surface area contributed by atoms with E-state index in [4.69, 9.17) is 5.73 Å². The maximum Gasteiger partial charge on any atom is 0.424 e. The van der Waals surface area contributed by atoms with E-state index in [1.165, 1.54) is 19.4 Å². The number of anilines is 1. The number of piperazine rings is 1. The lowest BCUT2D eigenvalue weighted by Gasteiger charge is -2.35. The third-order valence-corrected chi connectivity index (χ3v) is 5.53. The molecule has 3 rings (SSSR count). The molecule has 0 bridgehead atoms. The van der Waals surface area contributed by atoms with Crippen LogP contribution in [0, 0.1) is 0 Å². The third-order valence-electron chi connectivity index (χ3n) is 4.70. The predicted molar refractivity (Wildman–Crippen MR) is 100 cm³/mol. The molecule has 154 valence electrons. The fraction of sp³-hybridized carbons (Fsp3) is 0.562. The molecule has 1 fully saturated rings. The molecule has 1 unspecified atom stereocenters. The molecule has 0 aliphatic carbocycles. The lowest BCUT2D eigenvalue weighted by atomic mass is 9.98. The molecule has 0 radical (unpaired) electrons. The van der Waals surface area contributed by atoms with E-state index in [2.05, 4.69) is 19.9 Å². The van der Waals surface area contributed by atoms with E-state index >= 15 is 0 Å². The first-order valence-electron chi connectivity index (χ1n) is 8.68. The Morgan fingerprint density at radius 3 is 2.50 bits per heavy atom. The van der Waals surface area contributed by atoms with Gasteiger partial charge in [-0.2, -0.15) is 13.2 Å². The van der Waals surface area contributed by atoms with Crippen LogP contribution < -0.4 is 10.6 Å². The topological polar surface area (TPSA) is 95.8 Å². The van der Waals surface area contributed by atoms with Crippen LogP contribution in [-0.4, -0.2) is 69.4 Å². The van der Waals surface area contributed by atoms with E-state index in [1.54, 1.807) is 17.5 Å². The fourth-order valence-corrected chi connectivity index (χ4v) is 3.77. The minimum absolute atomic E-state index is 0.170. The number of aryl methyl sites for hydroxylation is 1. The van der Waals surface area contributed by atoms with Crippen LogP contribution in [0.1, 0.15) is 12.2 Å². The second-order valence-corrected chi connectivity index (χ2v) is 7.37. The summed E-state index contributed by atoms with van der Waals surface area (Å²) in [5.41, 5.74) is 2.88. The molecule has 28 heavy (non-hydrogen) atoms. The Labute approximate surface area is 164 Å². The Morgan fingerprint density at radius 2 is 1.96 bits per heavy atom. The number of guanidine groups is 1. The quantitative estimate of drug-likeness (QED) is 0.560. The van der Waals surface area contributed by atoms with Gasteiger partial charge in [0, 0.05) is 70.2 Å². The molecule has 8 nitrogen and oxygen atoms in total. The SMILES string of the molecule is Cn1ccnc1C(O)(CCN=C(N)N1CCN(c2nccs2)CC1)C(F)(F)F. The minimum Gasteiger partial charge on any atom is -0.374 e. The van der Waals surface area contributed by atoms with Crippen molar-refractivity contribution >= 4 is 22.4 Å². The number of aliphatic imine (C=N–C) groups is 1. The summed E-state index contributed by atoms with van der Waals surface area (Å²) < 4.78 is 41.7. The fourth-order valence-electron chi connectivity index (χ4n) is 3.08. The summed E-state index contributed by atoms with van der Waals surface area (Å²) in [7, 11) is 1.40. The summed E-state index contributed by atoms with van der Waals surface area (Å²) in [5.74, 6) is -0.297. The second kappa shape index (κ2) is 7.95. The van der Waals surface area contributed by atoms with Crippen LogP contribution in [0.2, 0.25) is 0 Å². The van der Waals surface area contributed by atoms with E-state index in [1.807, 2.05) is 10.3 Å². The zero-order valence-electron chi connectivity index (χ0n) is 15.3. The highest BCUT2D eigenvalue weighted by atomic mass is 32.1. The van der Waals surface area contributed by atoms with Crippen molar-refractivity contribution in [2.75, 3.05) is 37.6 Å². The summed E-state index contributed by atoms with van der Waals surface area (Å²) in [6, 6.07) is 0. The number of rotatable bonds is 5. The molecule has 3 N–H and O–H groups in total. The first-order chi connectivity index (χ1) is 13.2.